The first kappa shape index (κ1) is 16.6. The number of nitrogens with one attached hydrogen (secondary N) is 2. The van der Waals surface area contributed by atoms with Crippen molar-refractivity contribution in [3.05, 3.63) is 82.1 Å². The van der Waals surface area contributed by atoms with Crippen LogP contribution in [0.3, 0.4) is 0 Å². The fraction of sp³-hybridized carbons (Fsp3) is 0.273. The standard InChI is InChI=1S/C22H22N2O2/c25-20(14-18-13-17-9-4-5-12-19(17)23-22(18)26)24-21(16-10-6-11-16)15-7-2-1-3-8-15/h1-5,7-9,12-13,16,21H,6,10-11,14H2,(H,23,26)(H,24,25)/t21-/m1/s1. The van der Waals surface area contributed by atoms with Crippen molar-refractivity contribution in [3.8, 4) is 0 Å². The number of hydrogen-bond acceptors (Lipinski definition) is 2. The first-order valence-electron chi connectivity index (χ1n) is 9.16. The Balaban J connectivity index is 1.54. The van der Waals surface area contributed by atoms with Crippen molar-refractivity contribution in [2.24, 2.45) is 5.92 Å². The average molecular weight is 346 g/mol. The summed E-state index contributed by atoms with van der Waals surface area (Å²) >= 11 is 0. The van der Waals surface area contributed by atoms with Gasteiger partial charge >= 0.3 is 0 Å². The number of carbonyl (C=O) groups is 1. The third-order valence-corrected chi connectivity index (χ3v) is 5.28. The van der Waals surface area contributed by atoms with Gasteiger partial charge in [0.1, 0.15) is 0 Å². The van der Waals surface area contributed by atoms with Crippen molar-refractivity contribution >= 4 is 16.8 Å². The smallest absolute Gasteiger partial charge is 0.252 e. The lowest BCUT2D eigenvalue weighted by molar-refractivity contribution is -0.121. The van der Waals surface area contributed by atoms with Crippen LogP contribution >= 0.6 is 0 Å². The summed E-state index contributed by atoms with van der Waals surface area (Å²) in [6.07, 6.45) is 3.58. The molecule has 0 unspecified atom stereocenters. The number of pyridine rings is 1. The predicted molar refractivity (Wildman–Crippen MR) is 103 cm³/mol. The maximum absolute atomic E-state index is 12.7. The summed E-state index contributed by atoms with van der Waals surface area (Å²) in [5.74, 6) is 0.378. The Hall–Kier alpha value is -2.88. The van der Waals surface area contributed by atoms with E-state index >= 15 is 0 Å². The highest BCUT2D eigenvalue weighted by Crippen LogP contribution is 2.37. The van der Waals surface area contributed by atoms with E-state index < -0.39 is 0 Å². The summed E-state index contributed by atoms with van der Waals surface area (Å²) in [7, 11) is 0. The molecule has 0 spiro atoms. The number of rotatable bonds is 5. The molecule has 1 aliphatic carbocycles. The molecule has 132 valence electrons. The van der Waals surface area contributed by atoms with Gasteiger partial charge in [0.15, 0.2) is 0 Å². The molecule has 1 heterocycles. The molecule has 1 atom stereocenters. The van der Waals surface area contributed by atoms with Gasteiger partial charge in [0.25, 0.3) is 5.56 Å². The number of H-pyrrole nitrogens is 1. The lowest BCUT2D eigenvalue weighted by Crippen LogP contribution is -2.37. The van der Waals surface area contributed by atoms with Crippen LogP contribution in [0.25, 0.3) is 10.9 Å². The van der Waals surface area contributed by atoms with Crippen molar-refractivity contribution in [3.63, 3.8) is 0 Å². The van der Waals surface area contributed by atoms with Gasteiger partial charge < -0.3 is 10.3 Å². The Bertz CT molecular complexity index is 974. The van der Waals surface area contributed by atoms with Crippen LogP contribution in [0.5, 0.6) is 0 Å². The SMILES string of the molecule is O=C(Cc1cc2ccccc2[nH]c1=O)N[C@H](c1ccccc1)C1CCC1. The molecular weight excluding hydrogens is 324 g/mol. The van der Waals surface area contributed by atoms with Crippen molar-refractivity contribution in [1.29, 1.82) is 0 Å². The van der Waals surface area contributed by atoms with Gasteiger partial charge in [-0.25, -0.2) is 0 Å². The zero-order valence-corrected chi connectivity index (χ0v) is 14.6. The van der Waals surface area contributed by atoms with Crippen LogP contribution in [-0.4, -0.2) is 10.9 Å². The number of carbonyl (C=O) groups excluding carboxylic acids is 1. The minimum absolute atomic E-state index is 0.0250. The number of aromatic nitrogens is 1. The number of fused-ring (bicyclic) bond motifs is 1. The summed E-state index contributed by atoms with van der Waals surface area (Å²) in [6.45, 7) is 0. The molecule has 0 aliphatic heterocycles. The number of amides is 1. The molecule has 1 aliphatic rings. The van der Waals surface area contributed by atoms with Gasteiger partial charge in [-0.3, -0.25) is 9.59 Å². The Morgan fingerprint density at radius 1 is 1.08 bits per heavy atom. The number of hydrogen-bond donors (Lipinski definition) is 2. The molecule has 0 radical (unpaired) electrons. The van der Waals surface area contributed by atoms with Gasteiger partial charge in [-0.15, -0.1) is 0 Å². The van der Waals surface area contributed by atoms with Gasteiger partial charge in [-0.1, -0.05) is 55.0 Å². The third-order valence-electron chi connectivity index (χ3n) is 5.28. The first-order valence-corrected chi connectivity index (χ1v) is 9.16. The van der Waals surface area contributed by atoms with Gasteiger partial charge in [-0.2, -0.15) is 0 Å². The van der Waals surface area contributed by atoms with Crippen LogP contribution in [0.1, 0.15) is 36.4 Å². The molecule has 26 heavy (non-hydrogen) atoms. The van der Waals surface area contributed by atoms with Crippen molar-refractivity contribution in [2.45, 2.75) is 31.7 Å². The van der Waals surface area contributed by atoms with E-state index in [1.165, 1.54) is 6.42 Å². The van der Waals surface area contributed by atoms with Gasteiger partial charge in [-0.05, 0) is 41.8 Å². The third kappa shape index (κ3) is 3.40. The van der Waals surface area contributed by atoms with Crippen molar-refractivity contribution in [2.75, 3.05) is 0 Å². The lowest BCUT2D eigenvalue weighted by Gasteiger charge is -2.34. The van der Waals surface area contributed by atoms with Crippen LogP contribution in [-0.2, 0) is 11.2 Å². The molecule has 4 rings (SSSR count). The van der Waals surface area contributed by atoms with E-state index in [1.54, 1.807) is 0 Å². The molecular formula is C22H22N2O2. The van der Waals surface area contributed by atoms with Crippen LogP contribution in [0, 0.1) is 5.92 Å². The van der Waals surface area contributed by atoms with E-state index in [4.69, 9.17) is 0 Å². The van der Waals surface area contributed by atoms with E-state index in [0.29, 0.717) is 11.5 Å². The molecule has 0 saturated heterocycles. The van der Waals surface area contributed by atoms with Crippen LogP contribution in [0.2, 0.25) is 0 Å². The minimum atomic E-state index is -0.196. The lowest BCUT2D eigenvalue weighted by atomic mass is 9.77. The van der Waals surface area contributed by atoms with Crippen molar-refractivity contribution in [1.82, 2.24) is 10.3 Å². The first-order chi connectivity index (χ1) is 12.7. The topological polar surface area (TPSA) is 62.0 Å². The summed E-state index contributed by atoms with van der Waals surface area (Å²) in [4.78, 5) is 27.8. The molecule has 1 aromatic heterocycles. The van der Waals surface area contributed by atoms with E-state index in [0.717, 1.165) is 29.3 Å². The van der Waals surface area contributed by atoms with Crippen molar-refractivity contribution < 1.29 is 4.79 Å². The molecule has 4 heteroatoms. The maximum atomic E-state index is 12.7. The molecule has 1 amide bonds. The van der Waals surface area contributed by atoms with Crippen LogP contribution < -0.4 is 10.9 Å². The van der Waals surface area contributed by atoms with Gasteiger partial charge in [0, 0.05) is 11.1 Å². The highest BCUT2D eigenvalue weighted by Gasteiger charge is 2.29. The fourth-order valence-corrected chi connectivity index (χ4v) is 3.63. The average Bonchev–Trinajstić information content (AvgIpc) is 2.61. The molecule has 1 saturated carbocycles. The van der Waals surface area contributed by atoms with E-state index in [-0.39, 0.29) is 23.9 Å². The Morgan fingerprint density at radius 2 is 1.81 bits per heavy atom. The quantitative estimate of drug-likeness (QED) is 0.739. The largest absolute Gasteiger partial charge is 0.349 e. The predicted octanol–water partition coefficient (Wildman–Crippen LogP) is 3.73. The van der Waals surface area contributed by atoms with Gasteiger partial charge in [0.2, 0.25) is 5.91 Å². The Morgan fingerprint density at radius 3 is 2.54 bits per heavy atom. The zero-order chi connectivity index (χ0) is 17.9. The highest BCUT2D eigenvalue weighted by molar-refractivity contribution is 5.82. The molecule has 4 nitrogen and oxygen atoms in total. The molecule has 2 N–H and O–H groups in total. The Labute approximate surface area is 152 Å². The second-order valence-electron chi connectivity index (χ2n) is 7.03. The number of benzene rings is 2. The maximum Gasteiger partial charge on any atom is 0.252 e. The van der Waals surface area contributed by atoms with E-state index in [1.807, 2.05) is 48.5 Å². The molecule has 1 fully saturated rings. The fourth-order valence-electron chi connectivity index (χ4n) is 3.63. The normalized spacial score (nSPS) is 15.4. The minimum Gasteiger partial charge on any atom is -0.349 e. The summed E-state index contributed by atoms with van der Waals surface area (Å²) in [6, 6.07) is 19.6. The summed E-state index contributed by atoms with van der Waals surface area (Å²) in [5, 5.41) is 4.11. The van der Waals surface area contributed by atoms with E-state index in [9.17, 15) is 9.59 Å². The summed E-state index contributed by atoms with van der Waals surface area (Å²) < 4.78 is 0. The molecule has 2 aromatic carbocycles. The van der Waals surface area contributed by atoms with Gasteiger partial charge in [0.05, 0.1) is 12.5 Å². The molecule has 0 bridgehead atoms. The van der Waals surface area contributed by atoms with Crippen LogP contribution in [0.4, 0.5) is 0 Å². The second-order valence-corrected chi connectivity index (χ2v) is 7.03. The van der Waals surface area contributed by atoms with E-state index in [2.05, 4.69) is 22.4 Å². The zero-order valence-electron chi connectivity index (χ0n) is 14.6. The highest BCUT2D eigenvalue weighted by atomic mass is 16.2. The second kappa shape index (κ2) is 7.16. The monoisotopic (exact) mass is 346 g/mol. The molecule has 3 aromatic rings. The summed E-state index contributed by atoms with van der Waals surface area (Å²) in [5.41, 5.74) is 2.23. The number of aromatic amines is 1. The van der Waals surface area contributed by atoms with Crippen LogP contribution in [0.15, 0.2) is 65.5 Å². The number of para-hydroxylation sites is 1. The Kier molecular flexibility index (Phi) is 4.57.